The second kappa shape index (κ2) is 5.05. The van der Waals surface area contributed by atoms with E-state index in [4.69, 9.17) is 5.73 Å². The molecule has 0 radical (unpaired) electrons. The van der Waals surface area contributed by atoms with E-state index in [1.807, 2.05) is 19.1 Å². The zero-order valence-corrected chi connectivity index (χ0v) is 9.01. The molecule has 2 N–H and O–H groups in total. The van der Waals surface area contributed by atoms with Crippen LogP contribution < -0.4 is 5.73 Å². The lowest BCUT2D eigenvalue weighted by Crippen LogP contribution is -2.06. The summed E-state index contributed by atoms with van der Waals surface area (Å²) in [6, 6.07) is 7.20. The molecule has 0 heterocycles. The molecule has 0 saturated carbocycles. The first-order valence-electron chi connectivity index (χ1n) is 5.04. The smallest absolute Gasteiger partial charge is 0.392 e. The lowest BCUT2D eigenvalue weighted by Gasteiger charge is -2.05. The Morgan fingerprint density at radius 1 is 1.25 bits per heavy atom. The third-order valence-electron chi connectivity index (χ3n) is 2.25. The zero-order valence-electron chi connectivity index (χ0n) is 9.01. The number of aryl methyl sites for hydroxylation is 1. The van der Waals surface area contributed by atoms with Gasteiger partial charge in [0.05, 0.1) is 6.42 Å². The van der Waals surface area contributed by atoms with E-state index in [9.17, 15) is 13.2 Å². The highest BCUT2D eigenvalue weighted by molar-refractivity contribution is 5.62. The quantitative estimate of drug-likeness (QED) is 0.843. The summed E-state index contributed by atoms with van der Waals surface area (Å²) in [5.41, 5.74) is 7.48. The van der Waals surface area contributed by atoms with Crippen molar-refractivity contribution in [2.75, 3.05) is 0 Å². The van der Waals surface area contributed by atoms with E-state index in [0.717, 1.165) is 18.1 Å². The molecule has 0 fully saturated rings. The van der Waals surface area contributed by atoms with E-state index in [1.54, 1.807) is 12.1 Å². The molecular weight excluding hydrogens is 215 g/mol. The highest BCUT2D eigenvalue weighted by Crippen LogP contribution is 2.22. The van der Waals surface area contributed by atoms with Gasteiger partial charge in [0.1, 0.15) is 0 Å². The Bertz CT molecular complexity index is 363. The maximum Gasteiger partial charge on any atom is 0.392 e. The molecule has 1 aromatic rings. The van der Waals surface area contributed by atoms with Crippen molar-refractivity contribution < 1.29 is 13.2 Å². The fourth-order valence-electron chi connectivity index (χ4n) is 1.28. The zero-order chi connectivity index (χ0) is 12.2. The number of benzene rings is 1. The van der Waals surface area contributed by atoms with Crippen molar-refractivity contribution in [3.63, 3.8) is 0 Å². The molecule has 0 aromatic heterocycles. The molecule has 88 valence electrons. The normalized spacial score (nSPS) is 12.9. The van der Waals surface area contributed by atoms with E-state index < -0.39 is 12.6 Å². The predicted molar refractivity (Wildman–Crippen MR) is 58.7 cm³/mol. The van der Waals surface area contributed by atoms with Gasteiger partial charge in [-0.3, -0.25) is 0 Å². The van der Waals surface area contributed by atoms with Crippen LogP contribution in [0.15, 0.2) is 30.3 Å². The van der Waals surface area contributed by atoms with Gasteiger partial charge in [0, 0.05) is 5.70 Å². The Morgan fingerprint density at radius 2 is 1.81 bits per heavy atom. The SMILES string of the molecule is CCc1ccc(/C(N)=C/CC(F)(F)F)cc1. The second-order valence-corrected chi connectivity index (χ2v) is 3.53. The summed E-state index contributed by atoms with van der Waals surface area (Å²) in [5, 5.41) is 0. The lowest BCUT2D eigenvalue weighted by molar-refractivity contribution is -0.124. The largest absolute Gasteiger partial charge is 0.398 e. The summed E-state index contributed by atoms with van der Waals surface area (Å²) in [6.45, 7) is 2.01. The molecule has 0 amide bonds. The summed E-state index contributed by atoms with van der Waals surface area (Å²) < 4.78 is 35.9. The highest BCUT2D eigenvalue weighted by Gasteiger charge is 2.25. The minimum atomic E-state index is -4.20. The van der Waals surface area contributed by atoms with Crippen molar-refractivity contribution >= 4 is 5.70 Å². The average molecular weight is 229 g/mol. The van der Waals surface area contributed by atoms with Gasteiger partial charge in [-0.2, -0.15) is 13.2 Å². The van der Waals surface area contributed by atoms with Crippen LogP contribution in [-0.2, 0) is 6.42 Å². The summed E-state index contributed by atoms with van der Waals surface area (Å²) in [5.74, 6) is 0. The molecule has 0 atom stereocenters. The van der Waals surface area contributed by atoms with Gasteiger partial charge in [0.15, 0.2) is 0 Å². The van der Waals surface area contributed by atoms with Gasteiger partial charge in [0.2, 0.25) is 0 Å². The molecule has 1 rings (SSSR count). The Hall–Kier alpha value is -1.45. The van der Waals surface area contributed by atoms with Gasteiger partial charge < -0.3 is 5.73 Å². The van der Waals surface area contributed by atoms with Crippen LogP contribution in [0.4, 0.5) is 13.2 Å². The molecular formula is C12H14F3N. The van der Waals surface area contributed by atoms with Crippen molar-refractivity contribution in [2.24, 2.45) is 5.73 Å². The minimum Gasteiger partial charge on any atom is -0.398 e. The molecule has 1 aromatic carbocycles. The third-order valence-corrected chi connectivity index (χ3v) is 2.25. The van der Waals surface area contributed by atoms with E-state index in [1.165, 1.54) is 0 Å². The first kappa shape index (κ1) is 12.6. The Kier molecular flexibility index (Phi) is 3.99. The van der Waals surface area contributed by atoms with E-state index in [-0.39, 0.29) is 5.70 Å². The van der Waals surface area contributed by atoms with Crippen molar-refractivity contribution in [3.8, 4) is 0 Å². The number of halogens is 3. The molecule has 16 heavy (non-hydrogen) atoms. The van der Waals surface area contributed by atoms with E-state index in [2.05, 4.69) is 0 Å². The number of alkyl halides is 3. The van der Waals surface area contributed by atoms with Gasteiger partial charge in [-0.25, -0.2) is 0 Å². The number of rotatable bonds is 3. The molecule has 0 aliphatic heterocycles. The van der Waals surface area contributed by atoms with Crippen molar-refractivity contribution in [1.82, 2.24) is 0 Å². The maximum atomic E-state index is 12.0. The van der Waals surface area contributed by atoms with Crippen molar-refractivity contribution in [2.45, 2.75) is 25.9 Å². The molecule has 0 bridgehead atoms. The van der Waals surface area contributed by atoms with Crippen LogP contribution in [0.3, 0.4) is 0 Å². The van der Waals surface area contributed by atoms with Crippen LogP contribution in [0, 0.1) is 0 Å². The van der Waals surface area contributed by atoms with Gasteiger partial charge in [-0.1, -0.05) is 37.3 Å². The first-order chi connectivity index (χ1) is 7.42. The fourth-order valence-corrected chi connectivity index (χ4v) is 1.28. The first-order valence-corrected chi connectivity index (χ1v) is 5.04. The Balaban J connectivity index is 2.76. The van der Waals surface area contributed by atoms with Crippen LogP contribution >= 0.6 is 0 Å². The molecule has 0 spiro atoms. The third kappa shape index (κ3) is 3.96. The molecule has 0 unspecified atom stereocenters. The molecule has 0 saturated heterocycles. The average Bonchev–Trinajstić information content (AvgIpc) is 2.25. The van der Waals surface area contributed by atoms with Gasteiger partial charge in [-0.05, 0) is 17.5 Å². The van der Waals surface area contributed by atoms with Gasteiger partial charge in [0.25, 0.3) is 0 Å². The molecule has 0 aliphatic rings. The van der Waals surface area contributed by atoms with E-state index in [0.29, 0.717) is 5.56 Å². The summed E-state index contributed by atoms with van der Waals surface area (Å²) >= 11 is 0. The van der Waals surface area contributed by atoms with Crippen LogP contribution in [-0.4, -0.2) is 6.18 Å². The van der Waals surface area contributed by atoms with Crippen molar-refractivity contribution in [1.29, 1.82) is 0 Å². The van der Waals surface area contributed by atoms with Crippen LogP contribution in [0.2, 0.25) is 0 Å². The number of hydrogen-bond donors (Lipinski definition) is 1. The summed E-state index contributed by atoms with van der Waals surface area (Å²) in [6.07, 6.45) is -3.30. The summed E-state index contributed by atoms with van der Waals surface area (Å²) in [7, 11) is 0. The number of nitrogens with two attached hydrogens (primary N) is 1. The van der Waals surface area contributed by atoms with Crippen LogP contribution in [0.1, 0.15) is 24.5 Å². The topological polar surface area (TPSA) is 26.0 Å². The molecule has 0 aliphatic carbocycles. The highest BCUT2D eigenvalue weighted by atomic mass is 19.4. The van der Waals surface area contributed by atoms with Gasteiger partial charge >= 0.3 is 6.18 Å². The van der Waals surface area contributed by atoms with Crippen molar-refractivity contribution in [3.05, 3.63) is 41.5 Å². The number of allylic oxidation sites excluding steroid dienone is 1. The maximum absolute atomic E-state index is 12.0. The van der Waals surface area contributed by atoms with Crippen LogP contribution in [0.5, 0.6) is 0 Å². The minimum absolute atomic E-state index is 0.167. The molecule has 4 heteroatoms. The lowest BCUT2D eigenvalue weighted by atomic mass is 10.1. The predicted octanol–water partition coefficient (Wildman–Crippen LogP) is 3.50. The standard InChI is InChI=1S/C12H14F3N/c1-2-9-3-5-10(6-4-9)11(16)7-8-12(13,14)15/h3-7H,2,8,16H2,1H3/b11-7-. The molecule has 1 nitrogen and oxygen atoms in total. The number of hydrogen-bond acceptors (Lipinski definition) is 1. The fraction of sp³-hybridized carbons (Fsp3) is 0.333. The monoisotopic (exact) mass is 229 g/mol. The Morgan fingerprint density at radius 3 is 2.25 bits per heavy atom. The van der Waals surface area contributed by atoms with E-state index >= 15 is 0 Å². The van der Waals surface area contributed by atoms with Gasteiger partial charge in [-0.15, -0.1) is 0 Å². The van der Waals surface area contributed by atoms with Crippen LogP contribution in [0.25, 0.3) is 5.70 Å². The summed E-state index contributed by atoms with van der Waals surface area (Å²) in [4.78, 5) is 0. The Labute approximate surface area is 92.8 Å². The second-order valence-electron chi connectivity index (χ2n) is 3.53.